The highest BCUT2D eigenvalue weighted by Crippen LogP contribution is 2.64. The van der Waals surface area contributed by atoms with E-state index < -0.39 is 134 Å². The van der Waals surface area contributed by atoms with Crippen molar-refractivity contribution in [2.45, 2.75) is 125 Å². The monoisotopic (exact) mass is 1050 g/mol. The lowest BCUT2D eigenvalue weighted by atomic mass is 9.88. The molecule has 7 nitrogen and oxygen atoms in total. The molecular weight excluding hydrogens is 1000 g/mol. The first-order valence-electron chi connectivity index (χ1n) is 20.3. The van der Waals surface area contributed by atoms with Crippen LogP contribution in [-0.4, -0.2) is 87.8 Å². The van der Waals surface area contributed by atoms with Gasteiger partial charge in [-0.3, -0.25) is 5.32 Å². The molecule has 0 saturated carbocycles. The first kappa shape index (κ1) is 60.4. The quantitative estimate of drug-likeness (QED) is 0.0252. The highest BCUT2D eigenvalue weighted by molar-refractivity contribution is 6.76. The van der Waals surface area contributed by atoms with Gasteiger partial charge in [0.25, 0.3) is 0 Å². The van der Waals surface area contributed by atoms with Gasteiger partial charge in [-0.05, 0) is 65.7 Å². The van der Waals surface area contributed by atoms with Gasteiger partial charge in [0, 0.05) is 18.6 Å². The zero-order chi connectivity index (χ0) is 53.4. The molecule has 0 aliphatic heterocycles. The molecule has 1 amide bonds. The maximum atomic E-state index is 15.0. The molecule has 2 aromatic rings. The van der Waals surface area contributed by atoms with Gasteiger partial charge in [0.05, 0.1) is 12.3 Å². The predicted octanol–water partition coefficient (Wildman–Crippen LogP) is 14.5. The molecule has 392 valence electrons. The van der Waals surface area contributed by atoms with Gasteiger partial charge >= 0.3 is 59.7 Å². The minimum Gasteiger partial charge on any atom is -0.491 e. The van der Waals surface area contributed by atoms with Crippen LogP contribution in [0.2, 0.25) is 17.1 Å². The van der Waals surface area contributed by atoms with Crippen LogP contribution >= 0.6 is 0 Å². The smallest absolute Gasteiger partial charge is 0.460 e. The molecule has 2 aromatic carbocycles. The number of hydrogen-bond donors (Lipinski definition) is 1. The number of anilines is 1. The lowest BCUT2D eigenvalue weighted by Crippen LogP contribution is -2.74. The summed E-state index contributed by atoms with van der Waals surface area (Å²) in [6, 6.07) is 6.45. The van der Waals surface area contributed by atoms with Crippen molar-refractivity contribution in [3.05, 3.63) is 84.5 Å². The van der Waals surface area contributed by atoms with Gasteiger partial charge in [-0.1, -0.05) is 65.5 Å². The topological polar surface area (TPSA) is 83.1 Å². The summed E-state index contributed by atoms with van der Waals surface area (Å²) in [5.41, 5.74) is -1.95. The molecule has 1 N–H and O–H groups in total. The van der Waals surface area contributed by atoms with Gasteiger partial charge < -0.3 is 18.6 Å². The molecule has 0 spiro atoms. The predicted molar refractivity (Wildman–Crippen MR) is 212 cm³/mol. The normalized spacial score (nSPS) is 14.8. The molecular formula is C42H46F19NO6Si. The van der Waals surface area contributed by atoms with Crippen LogP contribution in [0.3, 0.4) is 0 Å². The van der Waals surface area contributed by atoms with E-state index in [1.54, 1.807) is 6.92 Å². The summed E-state index contributed by atoms with van der Waals surface area (Å²) < 4.78 is 286. The van der Waals surface area contributed by atoms with Crippen molar-refractivity contribution < 1.29 is 112 Å². The summed E-state index contributed by atoms with van der Waals surface area (Å²) in [6.45, 7) is 9.15. The third-order valence-electron chi connectivity index (χ3n) is 10.8. The number of carbonyl (C=O) groups is 2. The SMILES string of the molecule is C=CCOC(=O)/C=C/CC[C@H](C)[C@@H](OC(=O)Nc1ccc(F)cc1F)c1ccc(OCCO[Si](CCC(F)(F)C(F)(F)C(F)(F)C(F)(F)C(F)(F)C(F)(F)C(F)(F)C(F)(F)F)(C(C)C)C(C)C)cc1. The molecule has 0 saturated heterocycles. The average Bonchev–Trinajstić information content (AvgIpc) is 3.23. The van der Waals surface area contributed by atoms with Crippen molar-refractivity contribution in [1.29, 1.82) is 0 Å². The summed E-state index contributed by atoms with van der Waals surface area (Å²) in [6.07, 6.45) is -8.15. The van der Waals surface area contributed by atoms with Crippen LogP contribution in [0.5, 0.6) is 5.75 Å². The van der Waals surface area contributed by atoms with Gasteiger partial charge in [0.1, 0.15) is 36.7 Å². The Morgan fingerprint density at radius 3 is 1.72 bits per heavy atom. The van der Waals surface area contributed by atoms with Crippen LogP contribution in [0.25, 0.3) is 0 Å². The Morgan fingerprint density at radius 1 is 0.710 bits per heavy atom. The van der Waals surface area contributed by atoms with Crippen LogP contribution in [-0.2, 0) is 18.7 Å². The summed E-state index contributed by atoms with van der Waals surface area (Å²) in [5.74, 6) is -60.2. The zero-order valence-corrected chi connectivity index (χ0v) is 37.9. The lowest BCUT2D eigenvalue weighted by Gasteiger charge is -2.44. The van der Waals surface area contributed by atoms with Crippen LogP contribution in [0.15, 0.2) is 67.3 Å². The van der Waals surface area contributed by atoms with E-state index in [1.165, 1.54) is 64.1 Å². The molecule has 0 unspecified atom stereocenters. The van der Waals surface area contributed by atoms with Crippen LogP contribution in [0.1, 0.15) is 65.5 Å². The fourth-order valence-corrected chi connectivity index (χ4v) is 11.2. The second kappa shape index (κ2) is 22.6. The molecule has 27 heteroatoms. The molecule has 0 aliphatic rings. The lowest BCUT2D eigenvalue weighted by molar-refractivity contribution is -0.461. The van der Waals surface area contributed by atoms with Crippen molar-refractivity contribution in [3.8, 4) is 5.75 Å². The molecule has 0 heterocycles. The van der Waals surface area contributed by atoms with E-state index in [0.717, 1.165) is 18.2 Å². The van der Waals surface area contributed by atoms with E-state index in [-0.39, 0.29) is 25.2 Å². The summed E-state index contributed by atoms with van der Waals surface area (Å²) in [4.78, 5) is 24.6. The summed E-state index contributed by atoms with van der Waals surface area (Å²) in [5, 5.41) is 2.15. The van der Waals surface area contributed by atoms with Gasteiger partial charge in [-0.25, -0.2) is 18.4 Å². The Kier molecular flexibility index (Phi) is 19.8. The van der Waals surface area contributed by atoms with E-state index in [9.17, 15) is 84.2 Å². The van der Waals surface area contributed by atoms with Crippen molar-refractivity contribution in [2.24, 2.45) is 5.92 Å². The highest BCUT2D eigenvalue weighted by Gasteiger charge is 2.95. The number of hydrogen-bond acceptors (Lipinski definition) is 6. The van der Waals surface area contributed by atoms with Crippen LogP contribution < -0.4 is 10.1 Å². The molecule has 0 fully saturated rings. The largest absolute Gasteiger partial charge is 0.491 e. The fourth-order valence-electron chi connectivity index (χ4n) is 6.74. The van der Waals surface area contributed by atoms with Crippen molar-refractivity contribution in [3.63, 3.8) is 0 Å². The number of carbonyl (C=O) groups excluding carboxylic acids is 2. The van der Waals surface area contributed by atoms with E-state index in [1.807, 2.05) is 0 Å². The van der Waals surface area contributed by atoms with Crippen molar-refractivity contribution in [2.75, 3.05) is 25.1 Å². The Hall–Kier alpha value is -4.69. The van der Waals surface area contributed by atoms with E-state index in [4.69, 9.17) is 18.6 Å². The zero-order valence-electron chi connectivity index (χ0n) is 36.9. The first-order chi connectivity index (χ1) is 31.3. The number of amides is 1. The minimum absolute atomic E-state index is 0.0389. The first-order valence-corrected chi connectivity index (χ1v) is 22.5. The number of esters is 1. The number of allylic oxidation sites excluding steroid dienone is 1. The van der Waals surface area contributed by atoms with E-state index in [0.29, 0.717) is 11.6 Å². The summed E-state index contributed by atoms with van der Waals surface area (Å²) in [7, 11) is -4.06. The highest BCUT2D eigenvalue weighted by atomic mass is 28.4. The molecule has 0 aliphatic carbocycles. The molecule has 2 atom stereocenters. The van der Waals surface area contributed by atoms with Gasteiger partial charge in [-0.15, -0.1) is 0 Å². The Balaban J connectivity index is 2.30. The number of alkyl halides is 17. The molecule has 2 rings (SSSR count). The molecule has 0 aromatic heterocycles. The maximum absolute atomic E-state index is 15.0. The second-order valence-electron chi connectivity index (χ2n) is 16.1. The number of nitrogens with one attached hydrogen (secondary N) is 1. The van der Waals surface area contributed by atoms with Gasteiger partial charge in [0.15, 0.2) is 8.32 Å². The fraction of sp³-hybridized carbons (Fsp3) is 0.571. The average molecular weight is 1050 g/mol. The standard InChI is InChI=1S/C42H46F19NO6Si/c1-7-19-66-32(63)11-9-8-10-26(6)33(68-34(64)62-31-17-14-28(43)23-30(31)44)27-12-15-29(16-13-27)65-20-21-67-69(24(2)3,25(4)5)22-18-35(45,46)36(47,48)37(49,50)38(51,52)39(53,54)40(55,56)41(57,58)42(59,60)61/h7,9,11-17,23-26,33H,1,8,10,18-22H2,2-6H3,(H,62,64)/b11-9+/t26-,33+/m0/s1. The Labute approximate surface area is 383 Å². The third-order valence-corrected chi connectivity index (χ3v) is 16.5. The van der Waals surface area contributed by atoms with Gasteiger partial charge in [0.2, 0.25) is 0 Å². The van der Waals surface area contributed by atoms with E-state index >= 15 is 8.78 Å². The third kappa shape index (κ3) is 13.0. The number of ether oxygens (including phenoxy) is 3. The number of benzene rings is 2. The molecule has 0 bridgehead atoms. The number of halogens is 19. The summed E-state index contributed by atoms with van der Waals surface area (Å²) >= 11 is 0. The number of rotatable bonds is 26. The van der Waals surface area contributed by atoms with Crippen molar-refractivity contribution >= 4 is 26.1 Å². The van der Waals surface area contributed by atoms with Crippen molar-refractivity contribution in [1.82, 2.24) is 0 Å². The van der Waals surface area contributed by atoms with E-state index in [2.05, 4.69) is 11.9 Å². The maximum Gasteiger partial charge on any atom is 0.460 e. The Morgan fingerprint density at radius 2 is 1.23 bits per heavy atom. The Bertz CT molecular complexity index is 2060. The van der Waals surface area contributed by atoms with Crippen LogP contribution in [0.4, 0.5) is 93.9 Å². The van der Waals surface area contributed by atoms with Crippen LogP contribution in [0, 0.1) is 17.6 Å². The second-order valence-corrected chi connectivity index (χ2v) is 21.1. The minimum atomic E-state index is -8.72. The molecule has 0 radical (unpaired) electrons. The van der Waals surface area contributed by atoms with Gasteiger partial charge in [-0.2, -0.15) is 74.6 Å². The molecule has 69 heavy (non-hydrogen) atoms.